The molecule has 0 aliphatic heterocycles. The third kappa shape index (κ3) is 2.03. The van der Waals surface area contributed by atoms with Crippen LogP contribution in [0, 0.1) is 5.41 Å². The molecule has 1 aliphatic carbocycles. The molecule has 84 valence electrons. The van der Waals surface area contributed by atoms with Crippen molar-refractivity contribution >= 4 is 11.9 Å². The molecule has 0 saturated heterocycles. The van der Waals surface area contributed by atoms with Crippen LogP contribution in [0.15, 0.2) is 11.6 Å². The van der Waals surface area contributed by atoms with Gasteiger partial charge in [-0.2, -0.15) is 0 Å². The van der Waals surface area contributed by atoms with Crippen LogP contribution in [0.25, 0.3) is 0 Å². The molecular formula is C11H16O4. The van der Waals surface area contributed by atoms with Crippen molar-refractivity contribution in [1.29, 1.82) is 0 Å². The maximum atomic E-state index is 11.5. The topological polar surface area (TPSA) is 63.6 Å². The van der Waals surface area contributed by atoms with E-state index in [1.165, 1.54) is 6.08 Å². The largest absolute Gasteiger partial charge is 0.480 e. The van der Waals surface area contributed by atoms with Crippen molar-refractivity contribution in [3.63, 3.8) is 0 Å². The summed E-state index contributed by atoms with van der Waals surface area (Å²) in [7, 11) is 0. The molecule has 0 aromatic heterocycles. The summed E-state index contributed by atoms with van der Waals surface area (Å²) in [5, 5.41) is 9.02. The Morgan fingerprint density at radius 1 is 1.47 bits per heavy atom. The van der Waals surface area contributed by atoms with Crippen LogP contribution < -0.4 is 0 Å². The highest BCUT2D eigenvalue weighted by molar-refractivity contribution is 6.10. The predicted octanol–water partition coefficient (Wildman–Crippen LogP) is 1.75. The summed E-state index contributed by atoms with van der Waals surface area (Å²) in [4.78, 5) is 22.5. The van der Waals surface area contributed by atoms with Crippen LogP contribution in [0.4, 0.5) is 0 Å². The van der Waals surface area contributed by atoms with Crippen LogP contribution in [0.5, 0.6) is 0 Å². The lowest BCUT2D eigenvalue weighted by Gasteiger charge is -2.11. The fraction of sp³-hybridized carbons (Fsp3) is 0.636. The molecule has 0 fully saturated rings. The van der Waals surface area contributed by atoms with Gasteiger partial charge in [0.05, 0.1) is 6.61 Å². The Labute approximate surface area is 88.9 Å². The summed E-state index contributed by atoms with van der Waals surface area (Å²) in [6.07, 6.45) is 4.06. The summed E-state index contributed by atoms with van der Waals surface area (Å²) in [5.74, 6) is -1.77. The molecule has 0 saturated carbocycles. The first-order valence-electron chi connectivity index (χ1n) is 5.22. The highest BCUT2D eigenvalue weighted by atomic mass is 16.5. The Bertz CT molecular complexity index is 306. The van der Waals surface area contributed by atoms with Gasteiger partial charge >= 0.3 is 11.9 Å². The molecule has 0 aromatic rings. The molecule has 0 radical (unpaired) electrons. The van der Waals surface area contributed by atoms with E-state index in [0.29, 0.717) is 12.0 Å². The van der Waals surface area contributed by atoms with Crippen LogP contribution in [0.1, 0.15) is 33.1 Å². The SMILES string of the molecule is CCCCC1=CC1(C(=O)O)C(=O)OCC. The van der Waals surface area contributed by atoms with E-state index in [-0.39, 0.29) is 6.61 Å². The van der Waals surface area contributed by atoms with E-state index in [0.717, 1.165) is 12.8 Å². The van der Waals surface area contributed by atoms with E-state index < -0.39 is 17.4 Å². The summed E-state index contributed by atoms with van der Waals surface area (Å²) < 4.78 is 4.77. The standard InChI is InChI=1S/C11H16O4/c1-3-5-6-8-7-11(8,9(12)13)10(14)15-4-2/h7H,3-6H2,1-2H3,(H,12,13). The van der Waals surface area contributed by atoms with Gasteiger partial charge in [0, 0.05) is 0 Å². The quantitative estimate of drug-likeness (QED) is 0.414. The maximum absolute atomic E-state index is 11.5. The molecule has 4 heteroatoms. The first-order valence-corrected chi connectivity index (χ1v) is 5.22. The van der Waals surface area contributed by atoms with Crippen LogP contribution in [-0.4, -0.2) is 23.7 Å². The molecule has 0 heterocycles. The Morgan fingerprint density at radius 2 is 2.13 bits per heavy atom. The van der Waals surface area contributed by atoms with E-state index >= 15 is 0 Å². The van der Waals surface area contributed by atoms with Gasteiger partial charge in [-0.15, -0.1) is 0 Å². The van der Waals surface area contributed by atoms with Crippen molar-refractivity contribution in [2.45, 2.75) is 33.1 Å². The molecule has 0 amide bonds. The molecule has 0 bridgehead atoms. The first-order chi connectivity index (χ1) is 7.09. The van der Waals surface area contributed by atoms with Crippen LogP contribution in [0.3, 0.4) is 0 Å². The van der Waals surface area contributed by atoms with Crippen molar-refractivity contribution in [3.05, 3.63) is 11.6 Å². The Hall–Kier alpha value is -1.32. The van der Waals surface area contributed by atoms with Crippen LogP contribution in [-0.2, 0) is 14.3 Å². The third-order valence-corrected chi connectivity index (χ3v) is 2.55. The fourth-order valence-electron chi connectivity index (χ4n) is 1.58. The number of rotatable bonds is 6. The van der Waals surface area contributed by atoms with Gasteiger partial charge in [0.25, 0.3) is 0 Å². The lowest BCUT2D eigenvalue weighted by Crippen LogP contribution is -2.31. The van der Waals surface area contributed by atoms with Crippen molar-refractivity contribution in [2.75, 3.05) is 6.61 Å². The number of hydrogen-bond donors (Lipinski definition) is 1. The van der Waals surface area contributed by atoms with Gasteiger partial charge in [-0.25, -0.2) is 0 Å². The Morgan fingerprint density at radius 3 is 2.60 bits per heavy atom. The molecule has 15 heavy (non-hydrogen) atoms. The van der Waals surface area contributed by atoms with Gasteiger partial charge in [-0.05, 0) is 25.3 Å². The van der Waals surface area contributed by atoms with Crippen molar-refractivity contribution in [3.8, 4) is 0 Å². The summed E-state index contributed by atoms with van der Waals surface area (Å²) >= 11 is 0. The summed E-state index contributed by atoms with van der Waals surface area (Å²) in [5.41, 5.74) is -0.735. The molecule has 0 spiro atoms. The Kier molecular flexibility index (Phi) is 3.50. The minimum absolute atomic E-state index is 0.211. The lowest BCUT2D eigenvalue weighted by atomic mass is 9.98. The average molecular weight is 212 g/mol. The number of aliphatic carboxylic acids is 1. The normalized spacial score (nSPS) is 23.2. The van der Waals surface area contributed by atoms with Crippen molar-refractivity contribution in [2.24, 2.45) is 5.41 Å². The average Bonchev–Trinajstić information content (AvgIpc) is 2.90. The van der Waals surface area contributed by atoms with E-state index in [1.807, 2.05) is 6.92 Å². The highest BCUT2D eigenvalue weighted by Gasteiger charge is 2.58. The fourth-order valence-corrected chi connectivity index (χ4v) is 1.58. The number of esters is 1. The summed E-state index contributed by atoms with van der Waals surface area (Å²) in [6, 6.07) is 0. The summed E-state index contributed by atoms with van der Waals surface area (Å²) in [6.45, 7) is 3.90. The smallest absolute Gasteiger partial charge is 0.331 e. The second-order valence-electron chi connectivity index (χ2n) is 3.61. The number of carboxylic acid groups (broad SMARTS) is 1. The first kappa shape index (κ1) is 11.8. The Balaban J connectivity index is 2.63. The minimum atomic E-state index is -1.43. The zero-order valence-corrected chi connectivity index (χ0v) is 9.08. The van der Waals surface area contributed by atoms with E-state index in [4.69, 9.17) is 9.84 Å². The van der Waals surface area contributed by atoms with Gasteiger partial charge in [-0.1, -0.05) is 19.4 Å². The van der Waals surface area contributed by atoms with Crippen LogP contribution in [0.2, 0.25) is 0 Å². The second kappa shape index (κ2) is 4.47. The lowest BCUT2D eigenvalue weighted by molar-refractivity contribution is -0.159. The number of carbonyl (C=O) groups excluding carboxylic acids is 1. The number of hydrogen-bond acceptors (Lipinski definition) is 3. The maximum Gasteiger partial charge on any atom is 0.331 e. The molecule has 1 rings (SSSR count). The van der Waals surface area contributed by atoms with E-state index in [9.17, 15) is 9.59 Å². The zero-order valence-electron chi connectivity index (χ0n) is 9.08. The van der Waals surface area contributed by atoms with E-state index in [1.54, 1.807) is 6.92 Å². The second-order valence-corrected chi connectivity index (χ2v) is 3.61. The molecule has 1 unspecified atom stereocenters. The number of ether oxygens (including phenoxy) is 1. The number of unbranched alkanes of at least 4 members (excludes halogenated alkanes) is 1. The number of carbonyl (C=O) groups is 2. The predicted molar refractivity (Wildman–Crippen MR) is 54.3 cm³/mol. The minimum Gasteiger partial charge on any atom is -0.480 e. The van der Waals surface area contributed by atoms with Crippen molar-refractivity contribution < 1.29 is 19.4 Å². The van der Waals surface area contributed by atoms with Gasteiger partial charge in [-0.3, -0.25) is 9.59 Å². The van der Waals surface area contributed by atoms with Crippen molar-refractivity contribution in [1.82, 2.24) is 0 Å². The molecule has 4 nitrogen and oxygen atoms in total. The molecule has 1 N–H and O–H groups in total. The van der Waals surface area contributed by atoms with Gasteiger partial charge in [0.15, 0.2) is 0 Å². The van der Waals surface area contributed by atoms with E-state index in [2.05, 4.69) is 0 Å². The number of carboxylic acids is 1. The van der Waals surface area contributed by atoms with Gasteiger partial charge in [0.1, 0.15) is 0 Å². The third-order valence-electron chi connectivity index (χ3n) is 2.55. The molecule has 0 aromatic carbocycles. The zero-order chi connectivity index (χ0) is 11.5. The molecule has 1 atom stereocenters. The van der Waals surface area contributed by atoms with Crippen LogP contribution >= 0.6 is 0 Å². The molecular weight excluding hydrogens is 196 g/mol. The van der Waals surface area contributed by atoms with Gasteiger partial charge in [0.2, 0.25) is 5.41 Å². The van der Waals surface area contributed by atoms with Gasteiger partial charge < -0.3 is 9.84 Å². The highest BCUT2D eigenvalue weighted by Crippen LogP contribution is 2.48. The monoisotopic (exact) mass is 212 g/mol. The molecule has 1 aliphatic rings.